The van der Waals surface area contributed by atoms with Crippen molar-refractivity contribution in [2.24, 2.45) is 11.7 Å². The highest BCUT2D eigenvalue weighted by Crippen LogP contribution is 2.17. The van der Waals surface area contributed by atoms with Crippen molar-refractivity contribution in [2.75, 3.05) is 13.2 Å². The molecule has 94 valence electrons. The summed E-state index contributed by atoms with van der Waals surface area (Å²) in [5, 5.41) is 2.92. The Labute approximate surface area is 105 Å². The second-order valence-electron chi connectivity index (χ2n) is 4.25. The van der Waals surface area contributed by atoms with E-state index in [0.717, 1.165) is 6.42 Å². The summed E-state index contributed by atoms with van der Waals surface area (Å²) in [6.07, 6.45) is 1.04. The van der Waals surface area contributed by atoms with Crippen molar-refractivity contribution in [3.05, 3.63) is 21.9 Å². The van der Waals surface area contributed by atoms with E-state index in [1.54, 1.807) is 11.3 Å². The number of ether oxygens (including phenoxy) is 1. The first kappa shape index (κ1) is 12.5. The van der Waals surface area contributed by atoms with Gasteiger partial charge in [-0.1, -0.05) is 6.92 Å². The molecule has 1 aromatic heterocycles. The lowest BCUT2D eigenvalue weighted by atomic mass is 10.0. The average molecular weight is 254 g/mol. The van der Waals surface area contributed by atoms with E-state index >= 15 is 0 Å². The molecule has 2 unspecified atom stereocenters. The van der Waals surface area contributed by atoms with Gasteiger partial charge in [-0.3, -0.25) is 4.79 Å². The van der Waals surface area contributed by atoms with Gasteiger partial charge in [0.25, 0.3) is 0 Å². The normalized spacial score (nSPS) is 23.9. The number of rotatable bonds is 4. The molecule has 2 heterocycles. The van der Waals surface area contributed by atoms with Crippen LogP contribution < -0.4 is 11.1 Å². The number of nitrogens with one attached hydrogen (secondary N) is 1. The molecular weight excluding hydrogens is 236 g/mol. The highest BCUT2D eigenvalue weighted by Gasteiger charge is 2.30. The molecule has 5 heteroatoms. The second-order valence-corrected chi connectivity index (χ2v) is 5.50. The van der Waals surface area contributed by atoms with Crippen LogP contribution >= 0.6 is 11.3 Å². The molecule has 1 amide bonds. The van der Waals surface area contributed by atoms with Crippen LogP contribution in [0.25, 0.3) is 0 Å². The van der Waals surface area contributed by atoms with Crippen molar-refractivity contribution in [2.45, 2.75) is 25.9 Å². The first-order chi connectivity index (χ1) is 8.20. The summed E-state index contributed by atoms with van der Waals surface area (Å²) in [4.78, 5) is 14.4. The van der Waals surface area contributed by atoms with Gasteiger partial charge < -0.3 is 15.8 Å². The third-order valence-corrected chi connectivity index (χ3v) is 4.19. The number of hydrogen-bond donors (Lipinski definition) is 2. The molecule has 0 saturated carbocycles. The van der Waals surface area contributed by atoms with Gasteiger partial charge in [0.1, 0.15) is 0 Å². The van der Waals surface area contributed by atoms with Gasteiger partial charge in [0.15, 0.2) is 0 Å². The molecule has 1 aliphatic rings. The van der Waals surface area contributed by atoms with Crippen LogP contribution in [0.3, 0.4) is 0 Å². The molecule has 17 heavy (non-hydrogen) atoms. The Hall–Kier alpha value is -0.910. The summed E-state index contributed by atoms with van der Waals surface area (Å²) in [7, 11) is 0. The maximum atomic E-state index is 11.8. The van der Waals surface area contributed by atoms with Crippen molar-refractivity contribution in [3.63, 3.8) is 0 Å². The molecule has 0 aliphatic carbocycles. The Kier molecular flexibility index (Phi) is 4.15. The van der Waals surface area contributed by atoms with Crippen LogP contribution in [0, 0.1) is 5.92 Å². The molecule has 3 N–H and O–H groups in total. The van der Waals surface area contributed by atoms with Gasteiger partial charge in [-0.2, -0.15) is 0 Å². The van der Waals surface area contributed by atoms with E-state index in [9.17, 15) is 4.79 Å². The molecule has 1 aromatic rings. The van der Waals surface area contributed by atoms with E-state index in [2.05, 4.69) is 24.4 Å². The van der Waals surface area contributed by atoms with Crippen molar-refractivity contribution >= 4 is 17.2 Å². The fourth-order valence-electron chi connectivity index (χ4n) is 1.85. The van der Waals surface area contributed by atoms with Crippen molar-refractivity contribution in [3.8, 4) is 0 Å². The summed E-state index contributed by atoms with van der Waals surface area (Å²) in [5.74, 6) is -0.193. The quantitative estimate of drug-likeness (QED) is 0.839. The number of nitrogens with two attached hydrogens (primary N) is 1. The molecular formula is C12H18N2O2S. The summed E-state index contributed by atoms with van der Waals surface area (Å²) >= 11 is 1.74. The van der Waals surface area contributed by atoms with Crippen LogP contribution in [0.5, 0.6) is 0 Å². The van der Waals surface area contributed by atoms with Crippen molar-refractivity contribution < 1.29 is 9.53 Å². The topological polar surface area (TPSA) is 64.3 Å². The smallest absolute Gasteiger partial charge is 0.227 e. The molecule has 0 spiro atoms. The number of thiophene rings is 1. The van der Waals surface area contributed by atoms with Gasteiger partial charge in [-0.15, -0.1) is 11.3 Å². The Morgan fingerprint density at radius 2 is 2.29 bits per heavy atom. The largest absolute Gasteiger partial charge is 0.379 e. The van der Waals surface area contributed by atoms with E-state index in [4.69, 9.17) is 10.5 Å². The first-order valence-electron chi connectivity index (χ1n) is 5.89. The average Bonchev–Trinajstić information content (AvgIpc) is 2.94. The Morgan fingerprint density at radius 3 is 2.88 bits per heavy atom. The second kappa shape index (κ2) is 5.62. The predicted molar refractivity (Wildman–Crippen MR) is 67.8 cm³/mol. The number of aryl methyl sites for hydroxylation is 1. The lowest BCUT2D eigenvalue weighted by Crippen LogP contribution is -2.40. The fraction of sp³-hybridized carbons (Fsp3) is 0.583. The number of carbonyl (C=O) groups is 1. The van der Waals surface area contributed by atoms with E-state index in [-0.39, 0.29) is 17.9 Å². The molecule has 1 fully saturated rings. The van der Waals surface area contributed by atoms with Crippen molar-refractivity contribution in [1.29, 1.82) is 0 Å². The zero-order valence-corrected chi connectivity index (χ0v) is 10.8. The van der Waals surface area contributed by atoms with Gasteiger partial charge in [0.2, 0.25) is 5.91 Å². The minimum Gasteiger partial charge on any atom is -0.379 e. The minimum atomic E-state index is -0.194. The van der Waals surface area contributed by atoms with Crippen LogP contribution in [-0.4, -0.2) is 25.2 Å². The van der Waals surface area contributed by atoms with E-state index in [1.165, 1.54) is 9.75 Å². The Morgan fingerprint density at radius 1 is 1.53 bits per heavy atom. The minimum absolute atomic E-state index is 0.00134. The molecule has 2 rings (SSSR count). The van der Waals surface area contributed by atoms with Gasteiger partial charge >= 0.3 is 0 Å². The highest BCUT2D eigenvalue weighted by atomic mass is 32.1. The van der Waals surface area contributed by atoms with Crippen molar-refractivity contribution in [1.82, 2.24) is 5.32 Å². The third kappa shape index (κ3) is 3.06. The van der Waals surface area contributed by atoms with Gasteiger partial charge in [0, 0.05) is 15.8 Å². The SMILES string of the molecule is CCc1ccc(CNC(=O)C2COCC2N)s1. The van der Waals surface area contributed by atoms with Crippen LogP contribution in [0.15, 0.2) is 12.1 Å². The van der Waals surface area contributed by atoms with E-state index in [0.29, 0.717) is 19.8 Å². The maximum Gasteiger partial charge on any atom is 0.227 e. The summed E-state index contributed by atoms with van der Waals surface area (Å²) < 4.78 is 5.18. The van der Waals surface area contributed by atoms with E-state index < -0.39 is 0 Å². The zero-order chi connectivity index (χ0) is 12.3. The molecule has 4 nitrogen and oxygen atoms in total. The fourth-order valence-corrected chi connectivity index (χ4v) is 2.75. The van der Waals surface area contributed by atoms with Crippen LogP contribution in [0.1, 0.15) is 16.7 Å². The molecule has 2 atom stereocenters. The number of amides is 1. The lowest BCUT2D eigenvalue weighted by molar-refractivity contribution is -0.125. The molecule has 0 radical (unpaired) electrons. The van der Waals surface area contributed by atoms with Crippen LogP contribution in [-0.2, 0) is 22.5 Å². The Bertz CT molecular complexity index is 392. The third-order valence-electron chi connectivity index (χ3n) is 2.96. The summed E-state index contributed by atoms with van der Waals surface area (Å²) in [6.45, 7) is 3.64. The standard InChI is InChI=1S/C12H18N2O2S/c1-2-8-3-4-9(17-8)5-14-12(15)10-6-16-7-11(10)13/h3-4,10-11H,2,5-7,13H2,1H3,(H,14,15). The van der Waals surface area contributed by atoms with Gasteiger partial charge in [0.05, 0.1) is 25.7 Å². The lowest BCUT2D eigenvalue weighted by Gasteiger charge is -2.12. The predicted octanol–water partition coefficient (Wildman–Crippen LogP) is 0.900. The highest BCUT2D eigenvalue weighted by molar-refractivity contribution is 7.11. The monoisotopic (exact) mass is 254 g/mol. The van der Waals surface area contributed by atoms with Gasteiger partial charge in [-0.25, -0.2) is 0 Å². The van der Waals surface area contributed by atoms with E-state index in [1.807, 2.05) is 0 Å². The Balaban J connectivity index is 1.83. The first-order valence-corrected chi connectivity index (χ1v) is 6.71. The molecule has 0 aromatic carbocycles. The van der Waals surface area contributed by atoms with Crippen LogP contribution in [0.2, 0.25) is 0 Å². The molecule has 1 aliphatic heterocycles. The zero-order valence-electron chi connectivity index (χ0n) is 9.94. The molecule has 1 saturated heterocycles. The summed E-state index contributed by atoms with van der Waals surface area (Å²) in [5.41, 5.74) is 5.79. The summed E-state index contributed by atoms with van der Waals surface area (Å²) in [6, 6.07) is 4.01. The number of hydrogen-bond acceptors (Lipinski definition) is 4. The van der Waals surface area contributed by atoms with Crippen LogP contribution in [0.4, 0.5) is 0 Å². The van der Waals surface area contributed by atoms with Gasteiger partial charge in [-0.05, 0) is 18.6 Å². The number of carbonyl (C=O) groups excluding carboxylic acids is 1. The maximum absolute atomic E-state index is 11.8. The molecule has 0 bridgehead atoms.